The largest absolute Gasteiger partial charge is 0.484 e. The summed E-state index contributed by atoms with van der Waals surface area (Å²) in [7, 11) is 0. The molecule has 0 radical (unpaired) electrons. The van der Waals surface area contributed by atoms with Crippen LogP contribution in [-0.2, 0) is 11.3 Å². The van der Waals surface area contributed by atoms with E-state index in [9.17, 15) is 4.79 Å². The van der Waals surface area contributed by atoms with Crippen molar-refractivity contribution < 1.29 is 9.53 Å². The Morgan fingerprint density at radius 2 is 1.95 bits per heavy atom. The van der Waals surface area contributed by atoms with E-state index in [1.165, 1.54) is 32.1 Å². The van der Waals surface area contributed by atoms with Crippen LogP contribution < -0.4 is 15.8 Å². The lowest BCUT2D eigenvalue weighted by molar-refractivity contribution is -0.124. The van der Waals surface area contributed by atoms with Crippen molar-refractivity contribution in [3.8, 4) is 5.75 Å². The molecule has 1 aliphatic rings. The first kappa shape index (κ1) is 15.8. The highest BCUT2D eigenvalue weighted by atomic mass is 16.5. The van der Waals surface area contributed by atoms with Crippen molar-refractivity contribution in [3.63, 3.8) is 0 Å². The molecule has 0 aromatic heterocycles. The lowest BCUT2D eigenvalue weighted by atomic mass is 9.84. The molecule has 1 atom stereocenters. The fourth-order valence-corrected chi connectivity index (χ4v) is 2.92. The summed E-state index contributed by atoms with van der Waals surface area (Å²) in [6, 6.07) is 7.76. The third-order valence-electron chi connectivity index (χ3n) is 4.27. The molecule has 3 N–H and O–H groups in total. The van der Waals surface area contributed by atoms with E-state index in [0.717, 1.165) is 5.56 Å². The maximum atomic E-state index is 11.9. The highest BCUT2D eigenvalue weighted by Crippen LogP contribution is 2.26. The van der Waals surface area contributed by atoms with Gasteiger partial charge in [0.15, 0.2) is 6.61 Å². The molecular weight excluding hydrogens is 264 g/mol. The van der Waals surface area contributed by atoms with E-state index in [2.05, 4.69) is 12.2 Å². The van der Waals surface area contributed by atoms with Gasteiger partial charge < -0.3 is 15.8 Å². The van der Waals surface area contributed by atoms with E-state index < -0.39 is 0 Å². The van der Waals surface area contributed by atoms with Crippen molar-refractivity contribution in [2.75, 3.05) is 6.61 Å². The monoisotopic (exact) mass is 290 g/mol. The first-order chi connectivity index (χ1) is 10.2. The predicted octanol–water partition coefficient (Wildman–Crippen LogP) is 2.61. The summed E-state index contributed by atoms with van der Waals surface area (Å²) in [6.45, 7) is 2.68. The zero-order chi connectivity index (χ0) is 15.1. The Morgan fingerprint density at radius 1 is 1.29 bits per heavy atom. The van der Waals surface area contributed by atoms with Gasteiger partial charge in [-0.15, -0.1) is 0 Å². The van der Waals surface area contributed by atoms with Crippen molar-refractivity contribution >= 4 is 5.91 Å². The second kappa shape index (κ2) is 8.03. The molecule has 1 unspecified atom stereocenters. The molecule has 1 aromatic rings. The molecule has 1 aromatic carbocycles. The fourth-order valence-electron chi connectivity index (χ4n) is 2.92. The van der Waals surface area contributed by atoms with E-state index in [0.29, 0.717) is 18.2 Å². The number of hydrogen-bond acceptors (Lipinski definition) is 3. The zero-order valence-electron chi connectivity index (χ0n) is 12.8. The summed E-state index contributed by atoms with van der Waals surface area (Å²) < 4.78 is 5.50. The van der Waals surface area contributed by atoms with Crippen molar-refractivity contribution in [2.45, 2.75) is 51.6 Å². The quantitative estimate of drug-likeness (QED) is 0.846. The molecule has 2 rings (SSSR count). The zero-order valence-corrected chi connectivity index (χ0v) is 12.8. The minimum Gasteiger partial charge on any atom is -0.484 e. The minimum atomic E-state index is -0.0454. The van der Waals surface area contributed by atoms with Gasteiger partial charge >= 0.3 is 0 Å². The summed E-state index contributed by atoms with van der Waals surface area (Å²) in [5, 5.41) is 3.06. The molecule has 1 amide bonds. The van der Waals surface area contributed by atoms with E-state index in [1.54, 1.807) is 0 Å². The molecule has 1 fully saturated rings. The Bertz CT molecular complexity index is 439. The second-order valence-corrected chi connectivity index (χ2v) is 5.89. The maximum Gasteiger partial charge on any atom is 0.258 e. The lowest BCUT2D eigenvalue weighted by Gasteiger charge is -2.28. The van der Waals surface area contributed by atoms with Crippen LogP contribution in [0.25, 0.3) is 0 Å². The number of amides is 1. The van der Waals surface area contributed by atoms with Gasteiger partial charge in [0.1, 0.15) is 5.75 Å². The number of nitrogens with one attached hydrogen (secondary N) is 1. The van der Waals surface area contributed by atoms with Crippen LogP contribution in [0, 0.1) is 5.92 Å². The SMILES string of the molecule is CC(NC(=O)COc1ccc(CN)cc1)C1CCCCC1. The molecule has 21 heavy (non-hydrogen) atoms. The van der Waals surface area contributed by atoms with Crippen molar-refractivity contribution in [1.29, 1.82) is 0 Å². The number of hydrogen-bond donors (Lipinski definition) is 2. The molecule has 4 nitrogen and oxygen atoms in total. The van der Waals surface area contributed by atoms with Crippen LogP contribution in [0.2, 0.25) is 0 Å². The Hall–Kier alpha value is -1.55. The third-order valence-corrected chi connectivity index (χ3v) is 4.27. The van der Waals surface area contributed by atoms with Gasteiger partial charge in [0.25, 0.3) is 5.91 Å². The minimum absolute atomic E-state index is 0.0454. The number of carbonyl (C=O) groups is 1. The van der Waals surface area contributed by atoms with E-state index >= 15 is 0 Å². The second-order valence-electron chi connectivity index (χ2n) is 5.89. The van der Waals surface area contributed by atoms with Crippen molar-refractivity contribution in [1.82, 2.24) is 5.32 Å². The topological polar surface area (TPSA) is 64.3 Å². The van der Waals surface area contributed by atoms with E-state index in [4.69, 9.17) is 10.5 Å². The molecule has 1 saturated carbocycles. The van der Waals surface area contributed by atoms with Crippen LogP contribution in [0.4, 0.5) is 0 Å². The van der Waals surface area contributed by atoms with Crippen LogP contribution in [-0.4, -0.2) is 18.6 Å². The molecule has 116 valence electrons. The summed E-state index contributed by atoms with van der Waals surface area (Å²) in [5.74, 6) is 1.27. The molecular formula is C17H26N2O2. The fraction of sp³-hybridized carbons (Fsp3) is 0.588. The average molecular weight is 290 g/mol. The van der Waals surface area contributed by atoms with Gasteiger partial charge in [0.2, 0.25) is 0 Å². The lowest BCUT2D eigenvalue weighted by Crippen LogP contribution is -2.41. The summed E-state index contributed by atoms with van der Waals surface area (Å²) in [5.41, 5.74) is 6.60. The standard InChI is InChI=1S/C17H26N2O2/c1-13(15-5-3-2-4-6-15)19-17(20)12-21-16-9-7-14(11-18)8-10-16/h7-10,13,15H,2-6,11-12,18H2,1H3,(H,19,20). The summed E-state index contributed by atoms with van der Waals surface area (Å²) in [6.07, 6.45) is 6.36. The van der Waals surface area contributed by atoms with Crippen LogP contribution in [0.3, 0.4) is 0 Å². The van der Waals surface area contributed by atoms with Gasteiger partial charge in [-0.3, -0.25) is 4.79 Å². The first-order valence-electron chi connectivity index (χ1n) is 7.90. The number of rotatable bonds is 6. The molecule has 0 bridgehead atoms. The molecule has 0 spiro atoms. The van der Waals surface area contributed by atoms with E-state index in [-0.39, 0.29) is 18.6 Å². The van der Waals surface area contributed by atoms with Gasteiger partial charge in [0, 0.05) is 12.6 Å². The van der Waals surface area contributed by atoms with Crippen LogP contribution in [0.15, 0.2) is 24.3 Å². The van der Waals surface area contributed by atoms with Crippen LogP contribution in [0.1, 0.15) is 44.6 Å². The van der Waals surface area contributed by atoms with Crippen molar-refractivity contribution in [2.24, 2.45) is 11.7 Å². The van der Waals surface area contributed by atoms with Gasteiger partial charge in [-0.25, -0.2) is 0 Å². The third kappa shape index (κ3) is 5.05. The molecule has 1 aliphatic carbocycles. The molecule has 0 saturated heterocycles. The molecule has 0 heterocycles. The van der Waals surface area contributed by atoms with Gasteiger partial charge in [-0.05, 0) is 43.4 Å². The Kier molecular flexibility index (Phi) is 6.05. The normalized spacial score (nSPS) is 17.2. The number of carbonyl (C=O) groups excluding carboxylic acids is 1. The average Bonchev–Trinajstić information content (AvgIpc) is 2.54. The number of nitrogens with two attached hydrogens (primary N) is 1. The highest BCUT2D eigenvalue weighted by Gasteiger charge is 2.21. The van der Waals surface area contributed by atoms with Crippen LogP contribution >= 0.6 is 0 Å². The van der Waals surface area contributed by atoms with Gasteiger partial charge in [0.05, 0.1) is 0 Å². The first-order valence-corrected chi connectivity index (χ1v) is 7.90. The summed E-state index contributed by atoms with van der Waals surface area (Å²) >= 11 is 0. The number of benzene rings is 1. The van der Waals surface area contributed by atoms with Gasteiger partial charge in [-0.1, -0.05) is 31.4 Å². The predicted molar refractivity (Wildman–Crippen MR) is 84.0 cm³/mol. The Morgan fingerprint density at radius 3 is 2.57 bits per heavy atom. The maximum absolute atomic E-state index is 11.9. The smallest absolute Gasteiger partial charge is 0.258 e. The van der Waals surface area contributed by atoms with Gasteiger partial charge in [-0.2, -0.15) is 0 Å². The molecule has 4 heteroatoms. The summed E-state index contributed by atoms with van der Waals surface area (Å²) in [4.78, 5) is 11.9. The van der Waals surface area contributed by atoms with Crippen LogP contribution in [0.5, 0.6) is 5.75 Å². The Balaban J connectivity index is 1.73. The highest BCUT2D eigenvalue weighted by molar-refractivity contribution is 5.77. The number of ether oxygens (including phenoxy) is 1. The van der Waals surface area contributed by atoms with E-state index in [1.807, 2.05) is 24.3 Å². The molecule has 0 aliphatic heterocycles. The van der Waals surface area contributed by atoms with Crippen molar-refractivity contribution in [3.05, 3.63) is 29.8 Å². The Labute approximate surface area is 127 Å².